The molecule has 4 aliphatic heterocycles. The standard InChI is InChI=1S/C43H46N4O6/c48-33-13-15-36-39(26-33)53-28-37(29-7-3-1-4-8-29)41(36)30-9-11-32(12-10-30)46-22-20-45(21-23-46)19-5-2-6-24-52-34-14-16-35-31(25-34)27-47(43(35)51)38-17-18-40(49)44-42(38)50/h1,3-4,7-16,25-26,37-38,41,48H,2,5-6,17-24,27-28H2,(H,44,49,50)/t37-,38?,41?/m1/s1. The van der Waals surface area contributed by atoms with Gasteiger partial charge >= 0.3 is 0 Å². The molecule has 0 bridgehead atoms. The number of phenols is 1. The zero-order valence-electron chi connectivity index (χ0n) is 29.9. The van der Waals surface area contributed by atoms with Crippen LogP contribution in [0.1, 0.15) is 76.6 Å². The second-order valence-electron chi connectivity index (χ2n) is 14.6. The van der Waals surface area contributed by atoms with Crippen molar-refractivity contribution in [3.63, 3.8) is 0 Å². The number of anilines is 1. The summed E-state index contributed by atoms with van der Waals surface area (Å²) in [4.78, 5) is 43.4. The fourth-order valence-electron chi connectivity index (χ4n) is 8.37. The summed E-state index contributed by atoms with van der Waals surface area (Å²) >= 11 is 0. The first-order valence-electron chi connectivity index (χ1n) is 18.9. The highest BCUT2D eigenvalue weighted by molar-refractivity contribution is 6.05. The van der Waals surface area contributed by atoms with Crippen LogP contribution in [0.3, 0.4) is 0 Å². The predicted octanol–water partition coefficient (Wildman–Crippen LogP) is 5.83. The second kappa shape index (κ2) is 15.3. The normalized spacial score (nSPS) is 21.5. The number of fused-ring (bicyclic) bond motifs is 2. The average Bonchev–Trinajstić information content (AvgIpc) is 3.51. The van der Waals surface area contributed by atoms with Crippen molar-refractivity contribution in [2.45, 2.75) is 56.5 Å². The number of hydrogen-bond donors (Lipinski definition) is 2. The van der Waals surface area contributed by atoms with Crippen molar-refractivity contribution in [2.75, 3.05) is 50.8 Å². The van der Waals surface area contributed by atoms with Gasteiger partial charge in [0.25, 0.3) is 5.91 Å². The summed E-state index contributed by atoms with van der Waals surface area (Å²) in [5.41, 5.74) is 6.32. The van der Waals surface area contributed by atoms with Crippen molar-refractivity contribution in [3.05, 3.63) is 119 Å². The number of nitrogens with zero attached hydrogens (tertiary/aromatic N) is 3. The zero-order chi connectivity index (χ0) is 36.3. The molecule has 2 fully saturated rings. The minimum Gasteiger partial charge on any atom is -0.508 e. The molecule has 2 N–H and O–H groups in total. The summed E-state index contributed by atoms with van der Waals surface area (Å²) in [5, 5.41) is 12.5. The van der Waals surface area contributed by atoms with Gasteiger partial charge in [0, 0.05) is 73.9 Å². The van der Waals surface area contributed by atoms with E-state index in [-0.39, 0.29) is 35.8 Å². The number of piperidine rings is 1. The first-order valence-corrected chi connectivity index (χ1v) is 18.9. The number of piperazine rings is 1. The summed E-state index contributed by atoms with van der Waals surface area (Å²) in [5.74, 6) is 1.18. The van der Waals surface area contributed by atoms with Crippen molar-refractivity contribution in [3.8, 4) is 17.2 Å². The van der Waals surface area contributed by atoms with Gasteiger partial charge in [-0.25, -0.2) is 0 Å². The lowest BCUT2D eigenvalue weighted by Gasteiger charge is -2.37. The number of nitrogens with one attached hydrogen (secondary N) is 1. The van der Waals surface area contributed by atoms with Crippen LogP contribution in [0.4, 0.5) is 5.69 Å². The molecule has 0 aromatic heterocycles. The Morgan fingerprint density at radius 3 is 2.43 bits per heavy atom. The van der Waals surface area contributed by atoms with Gasteiger partial charge in [0.05, 0.1) is 13.2 Å². The number of amides is 3. The third-order valence-electron chi connectivity index (χ3n) is 11.3. The number of carbonyl (C=O) groups excluding carboxylic acids is 3. The number of aromatic hydroxyl groups is 1. The molecular weight excluding hydrogens is 668 g/mol. The van der Waals surface area contributed by atoms with Crippen LogP contribution in [0, 0.1) is 0 Å². The van der Waals surface area contributed by atoms with Gasteiger partial charge in [-0.15, -0.1) is 0 Å². The molecule has 2 saturated heterocycles. The molecule has 3 amide bonds. The molecule has 3 atom stereocenters. The average molecular weight is 715 g/mol. The van der Waals surface area contributed by atoms with Crippen LogP contribution in [-0.2, 0) is 16.1 Å². The fourth-order valence-corrected chi connectivity index (χ4v) is 8.37. The monoisotopic (exact) mass is 714 g/mol. The van der Waals surface area contributed by atoms with Crippen LogP contribution in [0.2, 0.25) is 0 Å². The first kappa shape index (κ1) is 34.7. The van der Waals surface area contributed by atoms with E-state index in [9.17, 15) is 19.5 Å². The van der Waals surface area contributed by atoms with Crippen molar-refractivity contribution in [1.82, 2.24) is 15.1 Å². The van der Waals surface area contributed by atoms with Gasteiger partial charge in [0.2, 0.25) is 11.8 Å². The third-order valence-corrected chi connectivity index (χ3v) is 11.3. The molecule has 0 spiro atoms. The van der Waals surface area contributed by atoms with Gasteiger partial charge in [0.15, 0.2) is 0 Å². The highest BCUT2D eigenvalue weighted by atomic mass is 16.5. The number of unbranched alkanes of at least 4 members (excludes halogenated alkanes) is 2. The van der Waals surface area contributed by atoms with E-state index in [1.54, 1.807) is 23.1 Å². The maximum absolute atomic E-state index is 13.0. The number of hydrogen-bond acceptors (Lipinski definition) is 8. The molecule has 4 heterocycles. The molecule has 4 aromatic carbocycles. The smallest absolute Gasteiger partial charge is 0.255 e. The van der Waals surface area contributed by atoms with Crippen molar-refractivity contribution in [1.29, 1.82) is 0 Å². The molecule has 0 aliphatic carbocycles. The summed E-state index contributed by atoms with van der Waals surface area (Å²) in [6, 6.07) is 30.0. The Kier molecular flexibility index (Phi) is 10.0. The van der Waals surface area contributed by atoms with Crippen molar-refractivity contribution >= 4 is 23.4 Å². The van der Waals surface area contributed by atoms with Crippen LogP contribution < -0.4 is 19.7 Å². The van der Waals surface area contributed by atoms with Gasteiger partial charge in [-0.1, -0.05) is 48.5 Å². The molecule has 274 valence electrons. The molecule has 10 nitrogen and oxygen atoms in total. The minimum atomic E-state index is -0.611. The van der Waals surface area contributed by atoms with Crippen LogP contribution in [0.25, 0.3) is 0 Å². The van der Waals surface area contributed by atoms with Crippen LogP contribution >= 0.6 is 0 Å². The molecule has 0 saturated carbocycles. The zero-order valence-corrected chi connectivity index (χ0v) is 29.9. The summed E-state index contributed by atoms with van der Waals surface area (Å²) < 4.78 is 12.2. The molecular formula is C43H46N4O6. The molecule has 4 aliphatic rings. The predicted molar refractivity (Wildman–Crippen MR) is 202 cm³/mol. The number of ether oxygens (including phenoxy) is 2. The Bertz CT molecular complexity index is 1960. The van der Waals surface area contributed by atoms with Crippen molar-refractivity contribution in [2.24, 2.45) is 0 Å². The molecule has 10 heteroatoms. The number of carbonyl (C=O) groups is 3. The van der Waals surface area contributed by atoms with E-state index in [2.05, 4.69) is 63.6 Å². The van der Waals surface area contributed by atoms with Crippen LogP contribution in [0.15, 0.2) is 91.0 Å². The molecule has 8 rings (SSSR count). The van der Waals surface area contributed by atoms with Crippen LogP contribution in [0.5, 0.6) is 17.2 Å². The Balaban J connectivity index is 0.780. The summed E-state index contributed by atoms with van der Waals surface area (Å²) in [6.45, 7) is 6.67. The van der Waals surface area contributed by atoms with E-state index in [0.29, 0.717) is 31.7 Å². The SMILES string of the molecule is O=C1CCC(N2Cc3cc(OCCCCCN4CCN(c5ccc(C6c7ccc(O)cc7OC[C@@H]6c6ccccc6)cc5)CC4)ccc3C2=O)C(=O)N1. The van der Waals surface area contributed by atoms with Gasteiger partial charge in [0.1, 0.15) is 23.3 Å². The van der Waals surface area contributed by atoms with E-state index in [1.807, 2.05) is 24.3 Å². The summed E-state index contributed by atoms with van der Waals surface area (Å²) in [7, 11) is 0. The maximum Gasteiger partial charge on any atom is 0.255 e. The topological polar surface area (TPSA) is 112 Å². The lowest BCUT2D eigenvalue weighted by Crippen LogP contribution is -2.52. The molecule has 4 aromatic rings. The van der Waals surface area contributed by atoms with Gasteiger partial charge < -0.3 is 24.4 Å². The van der Waals surface area contributed by atoms with Crippen LogP contribution in [-0.4, -0.2) is 84.6 Å². The Labute approximate surface area is 310 Å². The Morgan fingerprint density at radius 1 is 0.830 bits per heavy atom. The number of benzene rings is 4. The highest BCUT2D eigenvalue weighted by Crippen LogP contribution is 2.47. The quantitative estimate of drug-likeness (QED) is 0.148. The molecule has 2 unspecified atom stereocenters. The Hall–Kier alpha value is -5.35. The number of phenolic OH excluding ortho intramolecular Hbond substituents is 1. The van der Waals surface area contributed by atoms with Gasteiger partial charge in [-0.3, -0.25) is 24.6 Å². The molecule has 0 radical (unpaired) electrons. The lowest BCUT2D eigenvalue weighted by molar-refractivity contribution is -0.136. The van der Waals surface area contributed by atoms with Crippen molar-refractivity contribution < 1.29 is 29.0 Å². The molecule has 53 heavy (non-hydrogen) atoms. The van der Waals surface area contributed by atoms with E-state index >= 15 is 0 Å². The highest BCUT2D eigenvalue weighted by Gasteiger charge is 2.39. The van der Waals surface area contributed by atoms with Gasteiger partial charge in [-0.05, 0) is 85.3 Å². The van der Waals surface area contributed by atoms with E-state index in [1.165, 1.54) is 16.8 Å². The third kappa shape index (κ3) is 7.46. The van der Waals surface area contributed by atoms with E-state index in [0.717, 1.165) is 74.6 Å². The maximum atomic E-state index is 13.0. The first-order chi connectivity index (χ1) is 25.9. The number of rotatable bonds is 11. The summed E-state index contributed by atoms with van der Waals surface area (Å²) in [6.07, 6.45) is 3.75. The number of imide groups is 1. The fraction of sp³-hybridized carbons (Fsp3) is 0.372. The van der Waals surface area contributed by atoms with Gasteiger partial charge in [-0.2, -0.15) is 0 Å². The van der Waals surface area contributed by atoms with E-state index < -0.39 is 11.9 Å². The van der Waals surface area contributed by atoms with E-state index in [4.69, 9.17) is 9.47 Å². The minimum absolute atomic E-state index is 0.134. The Morgan fingerprint density at radius 2 is 1.64 bits per heavy atom. The largest absolute Gasteiger partial charge is 0.508 e. The second-order valence-corrected chi connectivity index (χ2v) is 14.6. The lowest BCUT2D eigenvalue weighted by atomic mass is 9.76.